The summed E-state index contributed by atoms with van der Waals surface area (Å²) in [7, 11) is 0. The summed E-state index contributed by atoms with van der Waals surface area (Å²) in [6.07, 6.45) is 2.86. The average Bonchev–Trinajstić information content (AvgIpc) is 2.14. The number of nitrogens with one attached hydrogen (secondary N) is 2. The molecule has 0 aliphatic rings. The summed E-state index contributed by atoms with van der Waals surface area (Å²) in [5.41, 5.74) is 0. The Bertz CT molecular complexity index is 342. The van der Waals surface area contributed by atoms with Crippen LogP contribution in [0.25, 0.3) is 0 Å². The van der Waals surface area contributed by atoms with E-state index in [1.54, 1.807) is 13.0 Å². The van der Waals surface area contributed by atoms with E-state index in [9.17, 15) is 0 Å². The third kappa shape index (κ3) is 2.90. The van der Waals surface area contributed by atoms with E-state index in [1.807, 2.05) is 6.19 Å². The fourth-order valence-electron chi connectivity index (χ4n) is 1.03. The van der Waals surface area contributed by atoms with Gasteiger partial charge in [-0.3, -0.25) is 5.32 Å². The molecule has 0 amide bonds. The SMILES string of the molecule is CCCNc1cc(NC#N)nc(C)n1. The van der Waals surface area contributed by atoms with Gasteiger partial charge in [0, 0.05) is 12.6 Å². The van der Waals surface area contributed by atoms with Crippen molar-refractivity contribution < 1.29 is 0 Å². The highest BCUT2D eigenvalue weighted by Gasteiger charge is 1.99. The maximum absolute atomic E-state index is 8.44. The summed E-state index contributed by atoms with van der Waals surface area (Å²) in [5.74, 6) is 1.92. The monoisotopic (exact) mass is 191 g/mol. The maximum atomic E-state index is 8.44. The molecule has 0 aromatic carbocycles. The first kappa shape index (κ1) is 10.3. The van der Waals surface area contributed by atoms with E-state index in [4.69, 9.17) is 5.26 Å². The fraction of sp³-hybridized carbons (Fsp3) is 0.444. The highest BCUT2D eigenvalue weighted by molar-refractivity contribution is 5.49. The van der Waals surface area contributed by atoms with E-state index in [0.717, 1.165) is 18.8 Å². The van der Waals surface area contributed by atoms with Gasteiger partial charge in [-0.05, 0) is 13.3 Å². The molecular formula is C9H13N5. The van der Waals surface area contributed by atoms with E-state index < -0.39 is 0 Å². The molecule has 2 N–H and O–H groups in total. The molecule has 1 rings (SSSR count). The zero-order valence-electron chi connectivity index (χ0n) is 8.33. The molecule has 0 spiro atoms. The highest BCUT2D eigenvalue weighted by Crippen LogP contribution is 2.10. The highest BCUT2D eigenvalue weighted by atomic mass is 15.1. The fourth-order valence-corrected chi connectivity index (χ4v) is 1.03. The van der Waals surface area contributed by atoms with Gasteiger partial charge in [0.15, 0.2) is 6.19 Å². The summed E-state index contributed by atoms with van der Waals surface area (Å²) in [5, 5.41) is 14.0. The topological polar surface area (TPSA) is 73.6 Å². The minimum atomic E-state index is 0.526. The van der Waals surface area contributed by atoms with Gasteiger partial charge in [-0.1, -0.05) is 6.92 Å². The maximum Gasteiger partial charge on any atom is 0.182 e. The molecule has 0 aliphatic heterocycles. The predicted octanol–water partition coefficient (Wildman–Crippen LogP) is 1.50. The lowest BCUT2D eigenvalue weighted by atomic mass is 10.4. The minimum absolute atomic E-state index is 0.526. The Balaban J connectivity index is 2.79. The molecule has 0 unspecified atom stereocenters. The van der Waals surface area contributed by atoms with Crippen LogP contribution in [-0.4, -0.2) is 16.5 Å². The average molecular weight is 191 g/mol. The van der Waals surface area contributed by atoms with E-state index in [2.05, 4.69) is 27.5 Å². The quantitative estimate of drug-likeness (QED) is 0.557. The number of nitriles is 1. The standard InChI is InChI=1S/C9H13N5/c1-3-4-11-8-5-9(12-6-10)14-7(2)13-8/h5H,3-4H2,1-2H3,(H2,11,12,13,14). The van der Waals surface area contributed by atoms with Gasteiger partial charge in [0.1, 0.15) is 17.5 Å². The second-order valence-corrected chi connectivity index (χ2v) is 2.85. The summed E-state index contributed by atoms with van der Waals surface area (Å²) >= 11 is 0. The molecular weight excluding hydrogens is 178 g/mol. The van der Waals surface area contributed by atoms with Crippen LogP contribution in [0.4, 0.5) is 11.6 Å². The van der Waals surface area contributed by atoms with Crippen LogP contribution in [0.5, 0.6) is 0 Å². The smallest absolute Gasteiger partial charge is 0.182 e. The molecule has 0 saturated heterocycles. The molecule has 1 aromatic heterocycles. The third-order valence-electron chi connectivity index (χ3n) is 1.58. The van der Waals surface area contributed by atoms with Gasteiger partial charge in [-0.15, -0.1) is 0 Å². The van der Waals surface area contributed by atoms with E-state index in [1.165, 1.54) is 0 Å². The summed E-state index contributed by atoms with van der Waals surface area (Å²) in [6, 6.07) is 1.71. The molecule has 0 saturated carbocycles. The Labute approximate surface area is 83.2 Å². The molecule has 0 aliphatic carbocycles. The number of rotatable bonds is 4. The van der Waals surface area contributed by atoms with Crippen LogP contribution in [-0.2, 0) is 0 Å². The molecule has 0 radical (unpaired) electrons. The van der Waals surface area contributed by atoms with Gasteiger partial charge in [0.2, 0.25) is 0 Å². The van der Waals surface area contributed by atoms with Crippen molar-refractivity contribution in [2.75, 3.05) is 17.2 Å². The first-order valence-corrected chi connectivity index (χ1v) is 4.51. The van der Waals surface area contributed by atoms with Gasteiger partial charge < -0.3 is 5.32 Å². The molecule has 0 atom stereocenters. The molecule has 5 heteroatoms. The zero-order valence-corrected chi connectivity index (χ0v) is 8.33. The molecule has 1 aromatic rings. The van der Waals surface area contributed by atoms with Gasteiger partial charge in [0.05, 0.1) is 0 Å². The van der Waals surface area contributed by atoms with Gasteiger partial charge >= 0.3 is 0 Å². The Kier molecular flexibility index (Phi) is 3.68. The van der Waals surface area contributed by atoms with Crippen LogP contribution in [0, 0.1) is 18.4 Å². The number of aromatic nitrogens is 2. The number of aryl methyl sites for hydroxylation is 1. The van der Waals surface area contributed by atoms with Crippen molar-refractivity contribution in [1.29, 1.82) is 5.26 Å². The minimum Gasteiger partial charge on any atom is -0.370 e. The van der Waals surface area contributed by atoms with Crippen LogP contribution in [0.3, 0.4) is 0 Å². The first-order valence-electron chi connectivity index (χ1n) is 4.51. The van der Waals surface area contributed by atoms with Crippen LogP contribution < -0.4 is 10.6 Å². The van der Waals surface area contributed by atoms with Crippen LogP contribution in [0.2, 0.25) is 0 Å². The predicted molar refractivity (Wildman–Crippen MR) is 54.8 cm³/mol. The molecule has 5 nitrogen and oxygen atoms in total. The Morgan fingerprint density at radius 3 is 2.79 bits per heavy atom. The third-order valence-corrected chi connectivity index (χ3v) is 1.58. The molecule has 74 valence electrons. The van der Waals surface area contributed by atoms with Gasteiger partial charge in [-0.25, -0.2) is 9.97 Å². The number of hydrogen-bond donors (Lipinski definition) is 2. The molecule has 0 fully saturated rings. The largest absolute Gasteiger partial charge is 0.370 e. The van der Waals surface area contributed by atoms with E-state index >= 15 is 0 Å². The van der Waals surface area contributed by atoms with Crippen molar-refractivity contribution in [2.24, 2.45) is 0 Å². The summed E-state index contributed by atoms with van der Waals surface area (Å²) in [4.78, 5) is 8.23. The van der Waals surface area contributed by atoms with E-state index in [0.29, 0.717) is 11.6 Å². The van der Waals surface area contributed by atoms with Crippen LogP contribution >= 0.6 is 0 Å². The lowest BCUT2D eigenvalue weighted by molar-refractivity contribution is 0.955. The number of nitrogens with zero attached hydrogens (tertiary/aromatic N) is 3. The Morgan fingerprint density at radius 2 is 2.14 bits per heavy atom. The molecule has 14 heavy (non-hydrogen) atoms. The van der Waals surface area contributed by atoms with Crippen molar-refractivity contribution in [2.45, 2.75) is 20.3 Å². The van der Waals surface area contributed by atoms with Crippen molar-refractivity contribution in [3.05, 3.63) is 11.9 Å². The van der Waals surface area contributed by atoms with Crippen molar-refractivity contribution >= 4 is 11.6 Å². The van der Waals surface area contributed by atoms with Crippen LogP contribution in [0.1, 0.15) is 19.2 Å². The zero-order chi connectivity index (χ0) is 10.4. The Hall–Kier alpha value is -1.83. The van der Waals surface area contributed by atoms with Crippen molar-refractivity contribution in [1.82, 2.24) is 9.97 Å². The van der Waals surface area contributed by atoms with Gasteiger partial charge in [0.25, 0.3) is 0 Å². The summed E-state index contributed by atoms with van der Waals surface area (Å²) in [6.45, 7) is 4.73. The molecule has 1 heterocycles. The first-order chi connectivity index (χ1) is 6.76. The number of hydrogen-bond acceptors (Lipinski definition) is 5. The lowest BCUT2D eigenvalue weighted by Gasteiger charge is -2.05. The van der Waals surface area contributed by atoms with Gasteiger partial charge in [-0.2, -0.15) is 5.26 Å². The van der Waals surface area contributed by atoms with Crippen molar-refractivity contribution in [3.8, 4) is 6.19 Å². The lowest BCUT2D eigenvalue weighted by Crippen LogP contribution is -2.05. The normalized spacial score (nSPS) is 9.21. The Morgan fingerprint density at radius 1 is 1.43 bits per heavy atom. The molecule has 0 bridgehead atoms. The number of anilines is 2. The second-order valence-electron chi connectivity index (χ2n) is 2.85. The van der Waals surface area contributed by atoms with Crippen LogP contribution in [0.15, 0.2) is 6.07 Å². The second kappa shape index (κ2) is 5.02. The van der Waals surface area contributed by atoms with Crippen molar-refractivity contribution in [3.63, 3.8) is 0 Å². The van der Waals surface area contributed by atoms with E-state index in [-0.39, 0.29) is 0 Å². The summed E-state index contributed by atoms with van der Waals surface area (Å²) < 4.78 is 0.